The summed E-state index contributed by atoms with van der Waals surface area (Å²) in [5.74, 6) is 0. The van der Waals surface area contributed by atoms with Crippen LogP contribution in [-0.2, 0) is 0 Å². The SMILES string of the molecule is c1cc(-c2ccc3c(c2)c2ccccc2n3-c2ccc3sc4ccc(-n5c6ccccc6c6cc(-c7cccc(-n8c9ccccc9c9ccccc98)c7)ccc65)cc4c3c2)cc(-n2c3ccccc3c3ccccc32)c1. The van der Waals surface area contributed by atoms with Crippen molar-refractivity contribution in [2.24, 2.45) is 0 Å². The minimum atomic E-state index is 1.15. The maximum Gasteiger partial charge on any atom is 0.0541 e. The lowest BCUT2D eigenvalue weighted by Crippen LogP contribution is -1.95. The molecule has 17 aromatic rings. The number of nitrogens with zero attached hydrogens (tertiary/aromatic N) is 4. The quantitative estimate of drug-likeness (QED) is 0.158. The number of hydrogen-bond acceptors (Lipinski definition) is 1. The fourth-order valence-corrected chi connectivity index (χ4v) is 14.0. The zero-order chi connectivity index (χ0) is 50.3. The highest BCUT2D eigenvalue weighted by atomic mass is 32.1. The number of aromatic nitrogens is 4. The second-order valence-corrected chi connectivity index (χ2v) is 21.6. The van der Waals surface area contributed by atoms with Crippen LogP contribution in [0.2, 0.25) is 0 Å². The molecular formula is C72H44N4S. The first-order valence-electron chi connectivity index (χ1n) is 26.4. The molecule has 0 fully saturated rings. The van der Waals surface area contributed by atoms with Crippen LogP contribution in [0.3, 0.4) is 0 Å². The highest BCUT2D eigenvalue weighted by molar-refractivity contribution is 7.25. The Labute approximate surface area is 446 Å². The van der Waals surface area contributed by atoms with Crippen molar-refractivity contribution in [1.82, 2.24) is 18.3 Å². The van der Waals surface area contributed by atoms with E-state index in [4.69, 9.17) is 0 Å². The number of benzene rings is 12. The summed E-state index contributed by atoms with van der Waals surface area (Å²) < 4.78 is 12.3. The van der Waals surface area contributed by atoms with Gasteiger partial charge in [0.25, 0.3) is 0 Å². The molecule has 17 rings (SSSR count). The molecule has 0 unspecified atom stereocenters. The molecule has 0 aliphatic rings. The van der Waals surface area contributed by atoms with Gasteiger partial charge in [-0.2, -0.15) is 0 Å². The van der Waals surface area contributed by atoms with Gasteiger partial charge in [0, 0.05) is 86.0 Å². The Balaban J connectivity index is 0.766. The molecule has 0 atom stereocenters. The average Bonchev–Trinajstić information content (AvgIpc) is 4.42. The topological polar surface area (TPSA) is 19.7 Å². The van der Waals surface area contributed by atoms with Crippen molar-refractivity contribution < 1.29 is 0 Å². The molecule has 4 nitrogen and oxygen atoms in total. The van der Waals surface area contributed by atoms with Crippen molar-refractivity contribution in [1.29, 1.82) is 0 Å². The van der Waals surface area contributed by atoms with Crippen LogP contribution in [0.25, 0.3) is 152 Å². The monoisotopic (exact) mass is 996 g/mol. The third kappa shape index (κ3) is 6.26. The van der Waals surface area contributed by atoms with Gasteiger partial charge in [-0.05, 0) is 144 Å². The first kappa shape index (κ1) is 42.4. The number of para-hydroxylation sites is 6. The minimum absolute atomic E-state index is 1.15. The standard InChI is InChI=1S/C72H44N4S/c1-7-25-63-53(19-1)54-20-2-8-26-64(54)73(63)49-17-13-15-45(39-49)47-31-35-69-59(41-47)57-23-5-11-29-67(57)75(69)51-33-37-71-61(43-51)62-44-52(34-38-72(62)77-71)76-68-30-12-6-24-58(68)60-42-48(32-36-70(60)76)46-16-14-18-50(40-46)74-65-27-9-3-21-55(65)56-22-4-10-28-66(56)74/h1-44H. The minimum Gasteiger partial charge on any atom is -0.309 e. The zero-order valence-corrected chi connectivity index (χ0v) is 42.4. The van der Waals surface area contributed by atoms with Gasteiger partial charge in [0.05, 0.1) is 44.1 Å². The number of thiophene rings is 1. The van der Waals surface area contributed by atoms with Crippen molar-refractivity contribution in [2.45, 2.75) is 0 Å². The molecule has 77 heavy (non-hydrogen) atoms. The molecule has 0 saturated carbocycles. The van der Waals surface area contributed by atoms with Gasteiger partial charge in [0.15, 0.2) is 0 Å². The summed E-state index contributed by atoms with van der Waals surface area (Å²) in [6, 6.07) is 98.8. The maximum atomic E-state index is 2.46. The van der Waals surface area contributed by atoms with E-state index in [1.807, 2.05) is 11.3 Å². The summed E-state index contributed by atoms with van der Waals surface area (Å²) in [6.07, 6.45) is 0. The van der Waals surface area contributed by atoms with Gasteiger partial charge in [0.1, 0.15) is 0 Å². The van der Waals surface area contributed by atoms with E-state index in [0.717, 1.165) is 22.7 Å². The molecule has 0 aliphatic carbocycles. The molecule has 0 spiro atoms. The highest BCUT2D eigenvalue weighted by Crippen LogP contribution is 2.43. The summed E-state index contributed by atoms with van der Waals surface area (Å²) in [5.41, 5.74) is 19.0. The largest absolute Gasteiger partial charge is 0.309 e. The van der Waals surface area contributed by atoms with Gasteiger partial charge in [0.2, 0.25) is 0 Å². The van der Waals surface area contributed by atoms with Crippen molar-refractivity contribution >= 4 is 119 Å². The van der Waals surface area contributed by atoms with E-state index in [0.29, 0.717) is 0 Å². The Morgan fingerprint density at radius 3 is 0.818 bits per heavy atom. The lowest BCUT2D eigenvalue weighted by molar-refractivity contribution is 1.18. The van der Waals surface area contributed by atoms with Gasteiger partial charge in [-0.15, -0.1) is 11.3 Å². The molecule has 0 bridgehead atoms. The fourth-order valence-electron chi connectivity index (χ4n) is 12.9. The van der Waals surface area contributed by atoms with E-state index in [1.54, 1.807) is 0 Å². The summed E-state index contributed by atoms with van der Waals surface area (Å²) in [6.45, 7) is 0. The van der Waals surface area contributed by atoms with Crippen molar-refractivity contribution in [3.63, 3.8) is 0 Å². The zero-order valence-electron chi connectivity index (χ0n) is 41.6. The van der Waals surface area contributed by atoms with Crippen LogP contribution in [0.4, 0.5) is 0 Å². The van der Waals surface area contributed by atoms with E-state index in [2.05, 4.69) is 285 Å². The molecule has 5 aromatic heterocycles. The van der Waals surface area contributed by atoms with Crippen LogP contribution < -0.4 is 0 Å². The summed E-state index contributed by atoms with van der Waals surface area (Å²) in [5, 5.41) is 12.6. The average molecular weight is 997 g/mol. The van der Waals surface area contributed by atoms with Gasteiger partial charge < -0.3 is 18.3 Å². The molecule has 358 valence electrons. The first-order valence-corrected chi connectivity index (χ1v) is 27.2. The van der Waals surface area contributed by atoms with E-state index < -0.39 is 0 Å². The Morgan fingerprint density at radius 1 is 0.182 bits per heavy atom. The van der Waals surface area contributed by atoms with Gasteiger partial charge in [-0.25, -0.2) is 0 Å². The van der Waals surface area contributed by atoms with Gasteiger partial charge in [-0.1, -0.05) is 146 Å². The van der Waals surface area contributed by atoms with E-state index in [-0.39, 0.29) is 0 Å². The van der Waals surface area contributed by atoms with Crippen LogP contribution in [0.15, 0.2) is 267 Å². The fraction of sp³-hybridized carbons (Fsp3) is 0. The molecule has 0 aliphatic heterocycles. The van der Waals surface area contributed by atoms with E-state index in [9.17, 15) is 0 Å². The number of fused-ring (bicyclic) bond motifs is 15. The highest BCUT2D eigenvalue weighted by Gasteiger charge is 2.20. The predicted octanol–water partition coefficient (Wildman–Crippen LogP) is 19.8. The molecule has 0 radical (unpaired) electrons. The second-order valence-electron chi connectivity index (χ2n) is 20.5. The molecule has 5 heterocycles. The summed E-state index contributed by atoms with van der Waals surface area (Å²) in [4.78, 5) is 0. The van der Waals surface area contributed by atoms with Crippen molar-refractivity contribution in [2.75, 3.05) is 0 Å². The first-order chi connectivity index (χ1) is 38.2. The third-order valence-corrected chi connectivity index (χ3v) is 17.5. The lowest BCUT2D eigenvalue weighted by Gasteiger charge is -2.12. The molecule has 0 saturated heterocycles. The number of hydrogen-bond donors (Lipinski definition) is 0. The normalized spacial score (nSPS) is 12.2. The van der Waals surface area contributed by atoms with Crippen molar-refractivity contribution in [3.8, 4) is 45.0 Å². The van der Waals surface area contributed by atoms with E-state index in [1.165, 1.54) is 130 Å². The smallest absolute Gasteiger partial charge is 0.0541 e. The molecule has 12 aromatic carbocycles. The summed E-state index contributed by atoms with van der Waals surface area (Å²) in [7, 11) is 0. The van der Waals surface area contributed by atoms with Crippen LogP contribution >= 0.6 is 11.3 Å². The summed E-state index contributed by atoms with van der Waals surface area (Å²) >= 11 is 1.87. The lowest BCUT2D eigenvalue weighted by atomic mass is 10.0. The van der Waals surface area contributed by atoms with Gasteiger partial charge >= 0.3 is 0 Å². The van der Waals surface area contributed by atoms with Crippen LogP contribution in [0.5, 0.6) is 0 Å². The Bertz CT molecular complexity index is 4870. The predicted molar refractivity (Wildman–Crippen MR) is 328 cm³/mol. The molecule has 0 N–H and O–H groups in total. The van der Waals surface area contributed by atoms with Crippen LogP contribution in [0, 0.1) is 0 Å². The Morgan fingerprint density at radius 2 is 0.468 bits per heavy atom. The molecular weight excluding hydrogens is 953 g/mol. The molecule has 0 amide bonds. The molecule has 5 heteroatoms. The van der Waals surface area contributed by atoms with Gasteiger partial charge in [-0.3, -0.25) is 0 Å². The van der Waals surface area contributed by atoms with Crippen molar-refractivity contribution in [3.05, 3.63) is 267 Å². The van der Waals surface area contributed by atoms with E-state index >= 15 is 0 Å². The third-order valence-electron chi connectivity index (χ3n) is 16.3. The van der Waals surface area contributed by atoms with Crippen LogP contribution in [-0.4, -0.2) is 18.3 Å². The Hall–Kier alpha value is -9.94. The Kier molecular flexibility index (Phi) is 8.97. The number of rotatable bonds is 6. The second kappa shape index (κ2) is 16.3. The maximum absolute atomic E-state index is 2.46. The van der Waals surface area contributed by atoms with Crippen LogP contribution in [0.1, 0.15) is 0 Å².